The molecule has 0 fully saturated rings. The predicted molar refractivity (Wildman–Crippen MR) is 110 cm³/mol. The first-order valence-corrected chi connectivity index (χ1v) is 11.7. The van der Waals surface area contributed by atoms with Gasteiger partial charge in [0, 0.05) is 25.5 Å². The lowest BCUT2D eigenvalue weighted by atomic mass is 9.93. The highest BCUT2D eigenvalue weighted by atomic mass is 32.2. The van der Waals surface area contributed by atoms with E-state index in [9.17, 15) is 31.1 Å². The first kappa shape index (κ1) is 21.7. The molecule has 3 atom stereocenters. The lowest BCUT2D eigenvalue weighted by molar-refractivity contribution is -0.123. The summed E-state index contributed by atoms with van der Waals surface area (Å²) in [5.74, 6) is 4.41. The molecular weight excluding hydrogens is 468 g/mol. The van der Waals surface area contributed by atoms with Crippen LogP contribution in [0.15, 0.2) is 51.1 Å². The summed E-state index contributed by atoms with van der Waals surface area (Å²) in [4.78, 5) is 10.8. The van der Waals surface area contributed by atoms with Gasteiger partial charge in [0.2, 0.25) is 0 Å². The normalized spacial score (nSPS) is 14.7. The Labute approximate surface area is 181 Å². The van der Waals surface area contributed by atoms with Crippen LogP contribution in [0, 0.1) is 0 Å². The van der Waals surface area contributed by atoms with Gasteiger partial charge in [-0.25, -0.2) is 5.84 Å². The Balaban J connectivity index is 2.20. The van der Waals surface area contributed by atoms with Gasteiger partial charge in [-0.15, -0.1) is 0 Å². The third-order valence-electron chi connectivity index (χ3n) is 4.81. The Bertz CT molecular complexity index is 1400. The summed E-state index contributed by atoms with van der Waals surface area (Å²) < 4.78 is 76.4. The predicted octanol–water partition coefficient (Wildman–Crippen LogP) is 0.667. The largest absolute Gasteiger partial charge is 0.768 e. The van der Waals surface area contributed by atoms with Crippen LogP contribution < -0.4 is 16.0 Å². The number of amides is 1. The van der Waals surface area contributed by atoms with Gasteiger partial charge in [-0.2, -0.15) is 0 Å². The Morgan fingerprint density at radius 3 is 1.68 bits per heavy atom. The molecular formula is C18H11N2O8S3-3. The molecule has 0 heterocycles. The number of nitrogens with two attached hydrogens (primary N) is 1. The molecule has 3 unspecified atom stereocenters. The van der Waals surface area contributed by atoms with Crippen LogP contribution in [-0.4, -0.2) is 38.8 Å². The number of benzene rings is 4. The molecule has 31 heavy (non-hydrogen) atoms. The number of carbonyl (C=O) groups excluding carboxylic acids is 1. The van der Waals surface area contributed by atoms with E-state index in [0.29, 0.717) is 10.8 Å². The molecule has 0 radical (unpaired) electrons. The molecule has 3 N–H and O–H groups in total. The SMILES string of the molecule is NNC(=O)COc1cc(S(=O)[O-])c2ccc3c(S(=O)[O-])cc(S(=O)[O-])c4ccc1c2c43. The van der Waals surface area contributed by atoms with Gasteiger partial charge in [-0.3, -0.25) is 22.8 Å². The van der Waals surface area contributed by atoms with Gasteiger partial charge in [-0.1, -0.05) is 18.2 Å². The average molecular weight is 479 g/mol. The Hall–Kier alpha value is -2.52. The van der Waals surface area contributed by atoms with Crippen LogP contribution >= 0.6 is 0 Å². The maximum Gasteiger partial charge on any atom is 0.271 e. The Morgan fingerprint density at radius 1 is 0.806 bits per heavy atom. The number of nitrogens with one attached hydrogen (secondary N) is 1. The van der Waals surface area contributed by atoms with Gasteiger partial charge < -0.3 is 18.4 Å². The molecule has 0 spiro atoms. The first-order valence-electron chi connectivity index (χ1n) is 8.43. The lowest BCUT2D eigenvalue weighted by Crippen LogP contribution is -2.34. The summed E-state index contributed by atoms with van der Waals surface area (Å²) >= 11 is -8.24. The van der Waals surface area contributed by atoms with Gasteiger partial charge in [0.15, 0.2) is 6.61 Å². The van der Waals surface area contributed by atoms with Crippen molar-refractivity contribution in [2.75, 3.05) is 6.61 Å². The second kappa shape index (κ2) is 8.20. The van der Waals surface area contributed by atoms with Crippen LogP contribution in [0.2, 0.25) is 0 Å². The summed E-state index contributed by atoms with van der Waals surface area (Å²) in [6, 6.07) is 8.12. The highest BCUT2D eigenvalue weighted by Gasteiger charge is 2.20. The van der Waals surface area contributed by atoms with Crippen molar-refractivity contribution < 1.29 is 35.8 Å². The van der Waals surface area contributed by atoms with Crippen molar-refractivity contribution in [1.29, 1.82) is 0 Å². The molecule has 0 saturated heterocycles. The second-order valence-corrected chi connectivity index (χ2v) is 9.11. The van der Waals surface area contributed by atoms with Gasteiger partial charge in [0.25, 0.3) is 5.91 Å². The molecule has 10 nitrogen and oxygen atoms in total. The van der Waals surface area contributed by atoms with E-state index in [4.69, 9.17) is 10.6 Å². The molecule has 0 aliphatic heterocycles. The molecule has 4 aromatic carbocycles. The van der Waals surface area contributed by atoms with E-state index in [1.165, 1.54) is 30.3 Å². The number of carbonyl (C=O) groups is 1. The number of rotatable bonds is 6. The van der Waals surface area contributed by atoms with E-state index in [2.05, 4.69) is 0 Å². The highest BCUT2D eigenvalue weighted by Crippen LogP contribution is 2.44. The highest BCUT2D eigenvalue weighted by molar-refractivity contribution is 7.80. The van der Waals surface area contributed by atoms with E-state index in [0.717, 1.165) is 6.07 Å². The fourth-order valence-corrected chi connectivity index (χ4v) is 5.34. The standard InChI is InChI=1S/C18H14N2O8S3/c19-20-16(21)7-28-12-5-13(29(22)23)9-3-4-11-15(31(26)27)6-14(30(24)25)10-2-1-8(12)17(9)18(10)11/h1-6H,7,19H2,(H,20,21)(H,22,23)(H,24,25)(H,26,27)/p-3. The van der Waals surface area contributed by atoms with Crippen LogP contribution in [-0.2, 0) is 38.0 Å². The third-order valence-corrected chi connectivity index (χ3v) is 6.90. The number of hydrazine groups is 1. The fourth-order valence-electron chi connectivity index (χ4n) is 3.58. The van der Waals surface area contributed by atoms with E-state index in [-0.39, 0.29) is 42.0 Å². The van der Waals surface area contributed by atoms with Crippen LogP contribution in [0.5, 0.6) is 5.75 Å². The summed E-state index contributed by atoms with van der Waals surface area (Å²) in [7, 11) is 0. The third kappa shape index (κ3) is 3.59. The van der Waals surface area contributed by atoms with E-state index >= 15 is 0 Å². The molecule has 0 bridgehead atoms. The molecule has 4 rings (SSSR count). The minimum Gasteiger partial charge on any atom is -0.768 e. The Kier molecular flexibility index (Phi) is 5.74. The quantitative estimate of drug-likeness (QED) is 0.132. The van der Waals surface area contributed by atoms with Crippen LogP contribution in [0.3, 0.4) is 0 Å². The zero-order valence-corrected chi connectivity index (χ0v) is 17.7. The summed E-state index contributed by atoms with van der Waals surface area (Å²) in [6.07, 6.45) is 0. The van der Waals surface area contributed by atoms with Crippen molar-refractivity contribution >= 4 is 71.5 Å². The minimum absolute atomic E-state index is 0.0307. The van der Waals surface area contributed by atoms with Crippen molar-refractivity contribution in [3.63, 3.8) is 0 Å². The van der Waals surface area contributed by atoms with Crippen molar-refractivity contribution in [2.45, 2.75) is 14.7 Å². The van der Waals surface area contributed by atoms with E-state index in [1.54, 1.807) is 0 Å². The van der Waals surface area contributed by atoms with Crippen molar-refractivity contribution in [2.24, 2.45) is 5.84 Å². The number of hydrogen-bond acceptors (Lipinski definition) is 9. The molecule has 0 aliphatic rings. The summed E-state index contributed by atoms with van der Waals surface area (Å²) in [5, 5.41) is 1.58. The van der Waals surface area contributed by atoms with Crippen LogP contribution in [0.25, 0.3) is 32.3 Å². The molecule has 0 saturated carbocycles. The first-order chi connectivity index (χ1) is 14.7. The summed E-state index contributed by atoms with van der Waals surface area (Å²) in [5.41, 5.74) is 1.89. The fraction of sp³-hybridized carbons (Fsp3) is 0.0556. The maximum absolute atomic E-state index is 11.9. The maximum atomic E-state index is 11.9. The van der Waals surface area contributed by atoms with Crippen LogP contribution in [0.1, 0.15) is 0 Å². The molecule has 162 valence electrons. The minimum atomic E-state index is -2.76. The average Bonchev–Trinajstić information content (AvgIpc) is 2.74. The van der Waals surface area contributed by atoms with Crippen molar-refractivity contribution in [1.82, 2.24) is 5.43 Å². The zero-order chi connectivity index (χ0) is 22.4. The van der Waals surface area contributed by atoms with Gasteiger partial charge in [0.1, 0.15) is 5.75 Å². The number of hydrogen-bond donors (Lipinski definition) is 2. The van der Waals surface area contributed by atoms with Crippen molar-refractivity contribution in [3.05, 3.63) is 36.4 Å². The monoisotopic (exact) mass is 479 g/mol. The Morgan fingerprint density at radius 2 is 1.23 bits per heavy atom. The number of ether oxygens (including phenoxy) is 1. The topological polar surface area (TPSA) is 185 Å². The molecule has 4 aromatic rings. The molecule has 13 heteroatoms. The smallest absolute Gasteiger partial charge is 0.271 e. The molecule has 0 aliphatic carbocycles. The van der Waals surface area contributed by atoms with Gasteiger partial charge in [0.05, 0.1) is 0 Å². The van der Waals surface area contributed by atoms with Crippen molar-refractivity contribution in [3.8, 4) is 5.75 Å². The molecule has 1 amide bonds. The van der Waals surface area contributed by atoms with Gasteiger partial charge in [-0.05, 0) is 73.0 Å². The van der Waals surface area contributed by atoms with E-state index < -0.39 is 45.8 Å². The van der Waals surface area contributed by atoms with Gasteiger partial charge >= 0.3 is 0 Å². The zero-order valence-electron chi connectivity index (χ0n) is 15.2. The molecule has 0 aromatic heterocycles. The summed E-state index contributed by atoms with van der Waals surface area (Å²) in [6.45, 7) is -0.503. The van der Waals surface area contributed by atoms with Crippen LogP contribution in [0.4, 0.5) is 0 Å². The van der Waals surface area contributed by atoms with E-state index in [1.807, 2.05) is 5.43 Å². The lowest BCUT2D eigenvalue weighted by Gasteiger charge is -2.22. The second-order valence-electron chi connectivity index (χ2n) is 6.38.